The molecule has 1 amide bonds. The van der Waals surface area contributed by atoms with E-state index in [0.29, 0.717) is 11.5 Å². The Bertz CT molecular complexity index is 1380. The van der Waals surface area contributed by atoms with Crippen LogP contribution in [-0.4, -0.2) is 44.9 Å². The first-order valence-corrected chi connectivity index (χ1v) is 12.4. The fourth-order valence-corrected chi connectivity index (χ4v) is 4.97. The summed E-state index contributed by atoms with van der Waals surface area (Å²) in [6.07, 6.45) is 10.6. The fraction of sp³-hybridized carbons (Fsp3) is 0.267. The van der Waals surface area contributed by atoms with Gasteiger partial charge in [0.1, 0.15) is 11.4 Å². The minimum atomic E-state index is -0.206. The number of amides is 1. The Morgan fingerprint density at radius 3 is 2.53 bits per heavy atom. The molecule has 4 aromatic rings. The molecule has 6 nitrogen and oxygen atoms in total. The first kappa shape index (κ1) is 23.7. The molecule has 1 saturated heterocycles. The van der Waals surface area contributed by atoms with Gasteiger partial charge >= 0.3 is 0 Å². The van der Waals surface area contributed by atoms with Gasteiger partial charge in [-0.25, -0.2) is 4.98 Å². The van der Waals surface area contributed by atoms with Crippen molar-refractivity contribution in [1.82, 2.24) is 19.6 Å². The van der Waals surface area contributed by atoms with Crippen molar-refractivity contribution in [1.29, 1.82) is 0 Å². The van der Waals surface area contributed by atoms with Crippen LogP contribution >= 0.6 is 0 Å². The zero-order chi connectivity index (χ0) is 24.9. The molecule has 1 aliphatic rings. The number of imidazole rings is 1. The molecule has 1 fully saturated rings. The topological polar surface area (TPSA) is 69.9 Å². The smallest absolute Gasteiger partial charge is 0.253 e. The number of hydrogen-bond donors (Lipinski definition) is 2. The van der Waals surface area contributed by atoms with Crippen LogP contribution in [-0.2, 0) is 13.0 Å². The molecule has 36 heavy (non-hydrogen) atoms. The summed E-state index contributed by atoms with van der Waals surface area (Å²) < 4.78 is 2.02. The third-order valence-corrected chi connectivity index (χ3v) is 6.92. The summed E-state index contributed by atoms with van der Waals surface area (Å²) in [7, 11) is 0. The van der Waals surface area contributed by atoms with Crippen LogP contribution in [0.1, 0.15) is 34.5 Å². The first-order chi connectivity index (χ1) is 17.6. The largest absolute Gasteiger partial charge is 0.508 e. The van der Waals surface area contributed by atoms with Gasteiger partial charge in [0.05, 0.1) is 23.5 Å². The van der Waals surface area contributed by atoms with Gasteiger partial charge in [0.2, 0.25) is 0 Å². The second-order valence-electron chi connectivity index (χ2n) is 9.40. The number of nitrogens with zero attached hydrogens (tertiary/aromatic N) is 3. The van der Waals surface area contributed by atoms with Crippen molar-refractivity contribution in [2.45, 2.75) is 25.8 Å². The van der Waals surface area contributed by atoms with Crippen molar-refractivity contribution >= 4 is 11.6 Å². The van der Waals surface area contributed by atoms with Crippen molar-refractivity contribution in [3.8, 4) is 29.4 Å². The van der Waals surface area contributed by atoms with Crippen LogP contribution in [0.25, 0.3) is 16.9 Å². The number of carbonyl (C=O) groups excluding carboxylic acids is 1. The maximum Gasteiger partial charge on any atom is 0.253 e. The summed E-state index contributed by atoms with van der Waals surface area (Å²) in [6.45, 7) is 2.94. The van der Waals surface area contributed by atoms with Crippen LogP contribution in [0, 0.1) is 18.3 Å². The number of aromatic nitrogens is 2. The zero-order valence-electron chi connectivity index (χ0n) is 20.2. The molecule has 6 heteroatoms. The predicted molar refractivity (Wildman–Crippen MR) is 142 cm³/mol. The number of fused-ring (bicyclic) bond motifs is 1. The summed E-state index contributed by atoms with van der Waals surface area (Å²) in [5.74, 6) is 3.14. The third kappa shape index (κ3) is 5.27. The number of piperidine rings is 1. The number of phenolic OH excluding ortho intramolecular Hbond substituents is 1. The molecule has 5 rings (SSSR count). The number of likely N-dealkylation sites (tertiary alicyclic amines) is 1. The SMILES string of the molecule is C#CCNC(=O)c1ccc2nc(-c3ccc(O)cc3)c(CN3CCC(Cc4ccccc4)CC3)n2c1. The van der Waals surface area contributed by atoms with Gasteiger partial charge in [0.25, 0.3) is 5.91 Å². The Labute approximate surface area is 211 Å². The number of pyridine rings is 1. The Hall–Kier alpha value is -4.08. The molecule has 0 radical (unpaired) electrons. The lowest BCUT2D eigenvalue weighted by atomic mass is 9.90. The molecule has 3 heterocycles. The van der Waals surface area contributed by atoms with Gasteiger partial charge in [-0.1, -0.05) is 36.3 Å². The van der Waals surface area contributed by atoms with E-state index < -0.39 is 0 Å². The Morgan fingerprint density at radius 1 is 1.06 bits per heavy atom. The summed E-state index contributed by atoms with van der Waals surface area (Å²) in [5.41, 5.74) is 5.55. The van der Waals surface area contributed by atoms with E-state index in [1.807, 2.05) is 28.8 Å². The van der Waals surface area contributed by atoms with Gasteiger partial charge in [0.15, 0.2) is 0 Å². The molecule has 182 valence electrons. The quantitative estimate of drug-likeness (QED) is 0.383. The van der Waals surface area contributed by atoms with Gasteiger partial charge in [-0.3, -0.25) is 9.69 Å². The average molecular weight is 479 g/mol. The Balaban J connectivity index is 1.40. The van der Waals surface area contributed by atoms with Crippen LogP contribution < -0.4 is 5.32 Å². The second kappa shape index (κ2) is 10.7. The van der Waals surface area contributed by atoms with Crippen molar-refractivity contribution in [3.05, 3.63) is 89.7 Å². The van der Waals surface area contributed by atoms with E-state index in [1.165, 1.54) is 5.56 Å². The highest BCUT2D eigenvalue weighted by Crippen LogP contribution is 2.29. The van der Waals surface area contributed by atoms with E-state index in [0.717, 1.165) is 61.5 Å². The normalized spacial score (nSPS) is 14.5. The van der Waals surface area contributed by atoms with Crippen LogP contribution in [0.4, 0.5) is 0 Å². The highest BCUT2D eigenvalue weighted by atomic mass is 16.3. The number of phenols is 1. The highest BCUT2D eigenvalue weighted by Gasteiger charge is 2.23. The lowest BCUT2D eigenvalue weighted by Crippen LogP contribution is -2.34. The van der Waals surface area contributed by atoms with Gasteiger partial charge in [-0.05, 0) is 80.2 Å². The van der Waals surface area contributed by atoms with E-state index in [1.54, 1.807) is 18.2 Å². The van der Waals surface area contributed by atoms with Gasteiger partial charge in [0, 0.05) is 18.3 Å². The number of nitrogens with one attached hydrogen (secondary N) is 1. The highest BCUT2D eigenvalue weighted by molar-refractivity contribution is 5.94. The second-order valence-corrected chi connectivity index (χ2v) is 9.40. The fourth-order valence-electron chi connectivity index (χ4n) is 4.97. The predicted octanol–water partition coefficient (Wildman–Crippen LogP) is 4.52. The summed E-state index contributed by atoms with van der Waals surface area (Å²) >= 11 is 0. The molecular formula is C30H30N4O2. The van der Waals surface area contributed by atoms with E-state index >= 15 is 0 Å². The number of carbonyl (C=O) groups is 1. The molecule has 0 atom stereocenters. The molecule has 0 unspecified atom stereocenters. The number of terminal acetylenes is 1. The van der Waals surface area contributed by atoms with Crippen LogP contribution in [0.2, 0.25) is 0 Å². The maximum absolute atomic E-state index is 12.6. The van der Waals surface area contributed by atoms with Crippen molar-refractivity contribution in [3.63, 3.8) is 0 Å². The van der Waals surface area contributed by atoms with E-state index in [9.17, 15) is 9.90 Å². The van der Waals surface area contributed by atoms with Crippen LogP contribution in [0.15, 0.2) is 72.9 Å². The van der Waals surface area contributed by atoms with Crippen molar-refractivity contribution < 1.29 is 9.90 Å². The minimum absolute atomic E-state index is 0.185. The molecule has 1 aliphatic heterocycles. The van der Waals surface area contributed by atoms with Crippen LogP contribution in [0.5, 0.6) is 5.75 Å². The van der Waals surface area contributed by atoms with Crippen LogP contribution in [0.3, 0.4) is 0 Å². The van der Waals surface area contributed by atoms with Crippen molar-refractivity contribution in [2.24, 2.45) is 5.92 Å². The van der Waals surface area contributed by atoms with Crippen molar-refractivity contribution in [2.75, 3.05) is 19.6 Å². The van der Waals surface area contributed by atoms with E-state index in [2.05, 4.69) is 46.5 Å². The lowest BCUT2D eigenvalue weighted by molar-refractivity contribution is 0.0958. The third-order valence-electron chi connectivity index (χ3n) is 6.92. The molecule has 2 aromatic carbocycles. The summed E-state index contributed by atoms with van der Waals surface area (Å²) in [5, 5.41) is 12.5. The number of rotatable bonds is 7. The standard InChI is InChI=1S/C30H30N4O2/c1-2-16-31-30(36)25-10-13-28-32-29(24-8-11-26(35)12-9-24)27(34(28)20-25)21-33-17-14-23(15-18-33)19-22-6-4-3-5-7-22/h1,3-13,20,23,35H,14-19,21H2,(H,31,36). The number of benzene rings is 2. The Morgan fingerprint density at radius 2 is 1.81 bits per heavy atom. The number of aromatic hydroxyl groups is 1. The van der Waals surface area contributed by atoms with Gasteiger partial charge in [-0.15, -0.1) is 6.42 Å². The molecule has 0 bridgehead atoms. The summed E-state index contributed by atoms with van der Waals surface area (Å²) in [4.78, 5) is 19.9. The zero-order valence-corrected chi connectivity index (χ0v) is 20.2. The summed E-state index contributed by atoms with van der Waals surface area (Å²) in [6, 6.07) is 21.5. The Kier molecular flexibility index (Phi) is 7.01. The van der Waals surface area contributed by atoms with E-state index in [4.69, 9.17) is 11.4 Å². The van der Waals surface area contributed by atoms with E-state index in [-0.39, 0.29) is 18.2 Å². The monoisotopic (exact) mass is 478 g/mol. The molecule has 2 N–H and O–H groups in total. The minimum Gasteiger partial charge on any atom is -0.508 e. The maximum atomic E-state index is 12.6. The molecule has 0 spiro atoms. The molecular weight excluding hydrogens is 448 g/mol. The lowest BCUT2D eigenvalue weighted by Gasteiger charge is -2.32. The molecule has 2 aromatic heterocycles. The van der Waals surface area contributed by atoms with Gasteiger partial charge in [-0.2, -0.15) is 0 Å². The van der Waals surface area contributed by atoms with Gasteiger partial charge < -0.3 is 14.8 Å². The first-order valence-electron chi connectivity index (χ1n) is 12.4. The average Bonchev–Trinajstić information content (AvgIpc) is 3.27. The molecule has 0 aliphatic carbocycles. The molecule has 0 saturated carbocycles. The number of hydrogen-bond acceptors (Lipinski definition) is 4.